The fraction of sp³-hybridized carbons (Fsp3) is 0.154. The Kier molecular flexibility index (Phi) is 3.89. The van der Waals surface area contributed by atoms with Crippen molar-refractivity contribution in [2.75, 3.05) is 11.4 Å². The van der Waals surface area contributed by atoms with Crippen LogP contribution in [0, 0.1) is 0 Å². The molecular weight excluding hydrogens is 254 g/mol. The Labute approximate surface area is 109 Å². The maximum Gasteiger partial charge on any atom is 0.323 e. The summed E-state index contributed by atoms with van der Waals surface area (Å²) >= 11 is 5.81. The van der Waals surface area contributed by atoms with Crippen molar-refractivity contribution in [3.63, 3.8) is 0 Å². The number of aliphatic carboxylic acids is 1. The summed E-state index contributed by atoms with van der Waals surface area (Å²) in [4.78, 5) is 12.6. The molecule has 0 spiro atoms. The van der Waals surface area contributed by atoms with Crippen LogP contribution in [-0.4, -0.2) is 17.6 Å². The number of carboxylic acids is 1. The van der Waals surface area contributed by atoms with E-state index in [9.17, 15) is 4.79 Å². The Morgan fingerprint density at radius 3 is 2.56 bits per heavy atom. The molecule has 0 saturated heterocycles. The van der Waals surface area contributed by atoms with Gasteiger partial charge in [0, 0.05) is 22.8 Å². The summed E-state index contributed by atoms with van der Waals surface area (Å²) < 4.78 is 4.98. The highest BCUT2D eigenvalue weighted by Crippen LogP contribution is 2.20. The van der Waals surface area contributed by atoms with E-state index in [2.05, 4.69) is 0 Å². The van der Waals surface area contributed by atoms with Crippen LogP contribution in [0.15, 0.2) is 47.3 Å². The SMILES string of the molecule is O=C(O)CN(Cc1ccoc1)c1ccc(Cl)cc1. The van der Waals surface area contributed by atoms with Gasteiger partial charge in [-0.1, -0.05) is 11.6 Å². The van der Waals surface area contributed by atoms with Crippen LogP contribution in [0.25, 0.3) is 0 Å². The number of rotatable bonds is 5. The first kappa shape index (κ1) is 12.5. The molecule has 1 aromatic carbocycles. The summed E-state index contributed by atoms with van der Waals surface area (Å²) in [6.45, 7) is 0.400. The molecule has 1 aromatic heterocycles. The minimum atomic E-state index is -0.881. The molecule has 0 amide bonds. The summed E-state index contributed by atoms with van der Waals surface area (Å²) in [7, 11) is 0. The highest BCUT2D eigenvalue weighted by Gasteiger charge is 2.11. The fourth-order valence-electron chi connectivity index (χ4n) is 1.66. The van der Waals surface area contributed by atoms with Crippen molar-refractivity contribution >= 4 is 23.3 Å². The molecule has 0 fully saturated rings. The first-order chi connectivity index (χ1) is 8.65. The van der Waals surface area contributed by atoms with Crippen molar-refractivity contribution in [2.24, 2.45) is 0 Å². The van der Waals surface area contributed by atoms with Gasteiger partial charge in [-0.05, 0) is 30.3 Å². The van der Waals surface area contributed by atoms with Gasteiger partial charge in [0.05, 0.1) is 12.5 Å². The van der Waals surface area contributed by atoms with E-state index < -0.39 is 5.97 Å². The van der Waals surface area contributed by atoms with E-state index >= 15 is 0 Å². The number of nitrogens with zero attached hydrogens (tertiary/aromatic N) is 1. The van der Waals surface area contributed by atoms with E-state index in [0.717, 1.165) is 11.3 Å². The molecule has 94 valence electrons. The van der Waals surface area contributed by atoms with E-state index in [1.165, 1.54) is 0 Å². The maximum absolute atomic E-state index is 10.9. The number of halogens is 1. The molecule has 1 N–H and O–H groups in total. The number of hydrogen-bond acceptors (Lipinski definition) is 3. The third-order valence-corrected chi connectivity index (χ3v) is 2.72. The largest absolute Gasteiger partial charge is 0.480 e. The van der Waals surface area contributed by atoms with E-state index in [4.69, 9.17) is 21.1 Å². The molecule has 0 atom stereocenters. The maximum atomic E-state index is 10.9. The molecule has 0 aliphatic carbocycles. The van der Waals surface area contributed by atoms with Crippen LogP contribution in [0.4, 0.5) is 5.69 Å². The highest BCUT2D eigenvalue weighted by molar-refractivity contribution is 6.30. The Balaban J connectivity index is 2.19. The number of benzene rings is 1. The lowest BCUT2D eigenvalue weighted by molar-refractivity contribution is -0.135. The zero-order valence-electron chi connectivity index (χ0n) is 9.54. The van der Waals surface area contributed by atoms with Gasteiger partial charge in [-0.2, -0.15) is 0 Å². The van der Waals surface area contributed by atoms with Crippen molar-refractivity contribution in [3.05, 3.63) is 53.4 Å². The van der Waals surface area contributed by atoms with Crippen LogP contribution in [0.1, 0.15) is 5.56 Å². The van der Waals surface area contributed by atoms with Gasteiger partial charge in [-0.3, -0.25) is 4.79 Å². The van der Waals surface area contributed by atoms with Crippen molar-refractivity contribution in [2.45, 2.75) is 6.54 Å². The van der Waals surface area contributed by atoms with Gasteiger partial charge in [0.15, 0.2) is 0 Å². The minimum absolute atomic E-state index is 0.0766. The second-order valence-electron chi connectivity index (χ2n) is 3.86. The monoisotopic (exact) mass is 265 g/mol. The molecule has 2 aromatic rings. The van der Waals surface area contributed by atoms with Gasteiger partial charge in [-0.25, -0.2) is 0 Å². The van der Waals surface area contributed by atoms with Crippen LogP contribution in [0.5, 0.6) is 0 Å². The lowest BCUT2D eigenvalue weighted by atomic mass is 10.2. The Morgan fingerprint density at radius 1 is 1.28 bits per heavy atom. The lowest BCUT2D eigenvalue weighted by Crippen LogP contribution is -2.28. The topological polar surface area (TPSA) is 53.7 Å². The first-order valence-corrected chi connectivity index (χ1v) is 5.76. The molecule has 1 heterocycles. The summed E-state index contributed by atoms with van der Waals surface area (Å²) in [5.41, 5.74) is 1.73. The number of anilines is 1. The molecule has 0 bridgehead atoms. The van der Waals surface area contributed by atoms with Gasteiger partial charge in [0.2, 0.25) is 0 Å². The highest BCUT2D eigenvalue weighted by atomic mass is 35.5. The van der Waals surface area contributed by atoms with E-state index in [0.29, 0.717) is 11.6 Å². The lowest BCUT2D eigenvalue weighted by Gasteiger charge is -2.22. The van der Waals surface area contributed by atoms with Crippen LogP contribution in [0.3, 0.4) is 0 Å². The smallest absolute Gasteiger partial charge is 0.323 e. The quantitative estimate of drug-likeness (QED) is 0.903. The standard InChI is InChI=1S/C13H12ClNO3/c14-11-1-3-12(4-2-11)15(8-13(16)17)7-10-5-6-18-9-10/h1-6,9H,7-8H2,(H,16,17). The predicted octanol–water partition coefficient (Wildman–Crippen LogP) is 3.02. The Hall–Kier alpha value is -1.94. The summed E-state index contributed by atoms with van der Waals surface area (Å²) in [5.74, 6) is -0.881. The number of furan rings is 1. The number of carboxylic acid groups (broad SMARTS) is 1. The molecular formula is C13H12ClNO3. The van der Waals surface area contributed by atoms with Crippen LogP contribution < -0.4 is 4.90 Å². The van der Waals surface area contributed by atoms with E-state index in [1.807, 2.05) is 6.07 Å². The van der Waals surface area contributed by atoms with Crippen LogP contribution in [-0.2, 0) is 11.3 Å². The van der Waals surface area contributed by atoms with Gasteiger partial charge in [0.1, 0.15) is 6.54 Å². The average molecular weight is 266 g/mol. The van der Waals surface area contributed by atoms with Crippen molar-refractivity contribution in [3.8, 4) is 0 Å². The third kappa shape index (κ3) is 3.28. The molecule has 0 aliphatic heterocycles. The first-order valence-electron chi connectivity index (χ1n) is 5.38. The predicted molar refractivity (Wildman–Crippen MR) is 68.8 cm³/mol. The molecule has 4 nitrogen and oxygen atoms in total. The van der Waals surface area contributed by atoms with Crippen molar-refractivity contribution in [1.29, 1.82) is 0 Å². The van der Waals surface area contributed by atoms with Gasteiger partial charge in [0.25, 0.3) is 0 Å². The van der Waals surface area contributed by atoms with Gasteiger partial charge < -0.3 is 14.4 Å². The Morgan fingerprint density at radius 2 is 2.00 bits per heavy atom. The molecule has 0 aliphatic rings. The summed E-state index contributed by atoms with van der Waals surface area (Å²) in [5, 5.41) is 9.56. The normalized spacial score (nSPS) is 10.3. The van der Waals surface area contributed by atoms with E-state index in [1.54, 1.807) is 41.7 Å². The summed E-state index contributed by atoms with van der Waals surface area (Å²) in [6.07, 6.45) is 3.17. The fourth-order valence-corrected chi connectivity index (χ4v) is 1.78. The van der Waals surface area contributed by atoms with E-state index in [-0.39, 0.29) is 6.54 Å². The second kappa shape index (κ2) is 5.60. The van der Waals surface area contributed by atoms with Gasteiger partial charge in [-0.15, -0.1) is 0 Å². The minimum Gasteiger partial charge on any atom is -0.480 e. The molecule has 0 saturated carbocycles. The van der Waals surface area contributed by atoms with Crippen LogP contribution >= 0.6 is 11.6 Å². The van der Waals surface area contributed by atoms with Crippen LogP contribution in [0.2, 0.25) is 5.02 Å². The van der Waals surface area contributed by atoms with Gasteiger partial charge >= 0.3 is 5.97 Å². The number of carbonyl (C=O) groups is 1. The zero-order valence-corrected chi connectivity index (χ0v) is 10.3. The molecule has 0 radical (unpaired) electrons. The molecule has 2 rings (SSSR count). The van der Waals surface area contributed by atoms with Crippen molar-refractivity contribution < 1.29 is 14.3 Å². The number of hydrogen-bond donors (Lipinski definition) is 1. The third-order valence-electron chi connectivity index (χ3n) is 2.47. The molecule has 5 heteroatoms. The van der Waals surface area contributed by atoms with Crippen molar-refractivity contribution in [1.82, 2.24) is 0 Å². The molecule has 0 unspecified atom stereocenters. The second-order valence-corrected chi connectivity index (χ2v) is 4.29. The molecule has 18 heavy (non-hydrogen) atoms. The zero-order chi connectivity index (χ0) is 13.0. The average Bonchev–Trinajstić information content (AvgIpc) is 2.81. The summed E-state index contributed by atoms with van der Waals surface area (Å²) in [6, 6.07) is 8.88. The Bertz CT molecular complexity index is 508.